The van der Waals surface area contributed by atoms with Crippen LogP contribution in [-0.2, 0) is 0 Å². The fraction of sp³-hybridized carbons (Fsp3) is 0.0435. The summed E-state index contributed by atoms with van der Waals surface area (Å²) >= 11 is 1.89. The largest absolute Gasteiger partial charge is 0.309 e. The van der Waals surface area contributed by atoms with Crippen LogP contribution in [0.1, 0.15) is 18.1 Å². The van der Waals surface area contributed by atoms with Gasteiger partial charge in [-0.15, -0.1) is 11.3 Å². The van der Waals surface area contributed by atoms with E-state index in [4.69, 9.17) is 0 Å². The Balaban J connectivity index is 1.10. The molecule has 3 heterocycles. The summed E-state index contributed by atoms with van der Waals surface area (Å²) in [4.78, 5) is 0. The minimum atomic E-state index is 1.17. The maximum Gasteiger partial charge on any atom is 0.0584 e. The summed E-state index contributed by atoms with van der Waals surface area (Å²) in [7, 11) is 0. The van der Waals surface area contributed by atoms with Crippen LogP contribution in [0.5, 0.6) is 0 Å². The molecule has 10 aromatic rings. The summed E-state index contributed by atoms with van der Waals surface area (Å²) in [6, 6.07) is 55.7. The number of hydrogen-bond acceptors (Lipinski definition) is 1. The Labute approximate surface area is 288 Å². The van der Waals surface area contributed by atoms with Crippen molar-refractivity contribution in [3.05, 3.63) is 169 Å². The quantitative estimate of drug-likeness (QED) is 0.180. The number of allylic oxidation sites excluding steroid dienone is 1. The number of thiophene rings is 1. The monoisotopic (exact) mass is 644 g/mol. The topological polar surface area (TPSA) is 9.86 Å². The first kappa shape index (κ1) is 28.1. The maximum atomic E-state index is 2.51. The van der Waals surface area contributed by atoms with E-state index in [1.54, 1.807) is 0 Å². The van der Waals surface area contributed by atoms with Crippen LogP contribution in [0.3, 0.4) is 0 Å². The second-order valence-corrected chi connectivity index (χ2v) is 14.0. The highest BCUT2D eigenvalue weighted by Crippen LogP contribution is 2.44. The molecule has 0 aliphatic rings. The highest BCUT2D eigenvalue weighted by atomic mass is 32.1. The Morgan fingerprint density at radius 2 is 1.06 bits per heavy atom. The van der Waals surface area contributed by atoms with Crippen LogP contribution in [0, 0.1) is 6.92 Å². The van der Waals surface area contributed by atoms with E-state index in [2.05, 4.69) is 181 Å². The molecule has 0 fully saturated rings. The van der Waals surface area contributed by atoms with Gasteiger partial charge in [-0.2, -0.15) is 0 Å². The van der Waals surface area contributed by atoms with Gasteiger partial charge in [-0.05, 0) is 84.0 Å². The summed E-state index contributed by atoms with van der Waals surface area (Å²) in [6.45, 7) is 4.41. The third-order valence-electron chi connectivity index (χ3n) is 10.2. The highest BCUT2D eigenvalue weighted by molar-refractivity contribution is 7.26. The Bertz CT molecular complexity index is 2880. The van der Waals surface area contributed by atoms with Crippen LogP contribution < -0.4 is 0 Å². The van der Waals surface area contributed by atoms with E-state index in [1.807, 2.05) is 11.3 Å². The molecule has 0 saturated carbocycles. The van der Waals surface area contributed by atoms with Gasteiger partial charge in [-0.1, -0.05) is 115 Å². The van der Waals surface area contributed by atoms with Gasteiger partial charge in [0.2, 0.25) is 0 Å². The lowest BCUT2D eigenvalue weighted by Crippen LogP contribution is -2.02. The van der Waals surface area contributed by atoms with Gasteiger partial charge in [0.05, 0.1) is 22.1 Å². The molecule has 2 nitrogen and oxygen atoms in total. The number of fused-ring (bicyclic) bond motifs is 5. The summed E-state index contributed by atoms with van der Waals surface area (Å²) in [5.41, 5.74) is 12.2. The maximum absolute atomic E-state index is 2.51. The van der Waals surface area contributed by atoms with Crippen molar-refractivity contribution in [2.45, 2.75) is 13.8 Å². The predicted octanol–water partition coefficient (Wildman–Crippen LogP) is 13.1. The van der Waals surface area contributed by atoms with Crippen LogP contribution in [0.4, 0.5) is 0 Å². The van der Waals surface area contributed by atoms with Crippen molar-refractivity contribution in [1.29, 1.82) is 0 Å². The molecular weight excluding hydrogens is 613 g/mol. The van der Waals surface area contributed by atoms with Crippen molar-refractivity contribution >= 4 is 80.8 Å². The van der Waals surface area contributed by atoms with E-state index < -0.39 is 0 Å². The first-order chi connectivity index (χ1) is 24.2. The molecule has 0 spiro atoms. The van der Waals surface area contributed by atoms with Crippen LogP contribution in [0.2, 0.25) is 0 Å². The minimum absolute atomic E-state index is 1.17. The van der Waals surface area contributed by atoms with Gasteiger partial charge >= 0.3 is 0 Å². The lowest BCUT2D eigenvalue weighted by molar-refractivity contribution is 1.18. The third-order valence-corrected chi connectivity index (χ3v) is 11.4. The van der Waals surface area contributed by atoms with E-state index in [0.29, 0.717) is 0 Å². The Kier molecular flexibility index (Phi) is 6.21. The molecule has 0 radical (unpaired) electrons. The number of aryl methyl sites for hydroxylation is 1. The molecule has 3 heteroatoms. The number of hydrogen-bond donors (Lipinski definition) is 0. The number of para-hydroxylation sites is 3. The van der Waals surface area contributed by atoms with E-state index in [1.165, 1.54) is 97.4 Å². The molecule has 0 bridgehead atoms. The summed E-state index contributed by atoms with van der Waals surface area (Å²) in [5, 5.41) is 7.86. The summed E-state index contributed by atoms with van der Waals surface area (Å²) < 4.78 is 7.55. The Morgan fingerprint density at radius 3 is 1.71 bits per heavy atom. The lowest BCUT2D eigenvalue weighted by atomic mass is 10.0. The molecule has 0 aliphatic heterocycles. The highest BCUT2D eigenvalue weighted by Gasteiger charge is 2.19. The zero-order chi connectivity index (χ0) is 32.6. The normalized spacial score (nSPS) is 12.4. The van der Waals surface area contributed by atoms with Gasteiger partial charge in [-0.3, -0.25) is 0 Å². The van der Waals surface area contributed by atoms with Crippen molar-refractivity contribution in [3.63, 3.8) is 0 Å². The standard InChI is InChI=1S/C46H32N2S/c1-3-38(48-41-17-9-6-13-36(41)37-14-10-18-42-44(37)45-43(49-42)28-19-29(2)46(45)48)32-22-20-30(21-23-32)31-24-26-33(27-25-31)47-39-15-7-4-11-34(39)35-12-5-8-16-40(35)47/h3-28H,1-2H3/b38-3-. The first-order valence-corrected chi connectivity index (χ1v) is 17.7. The van der Waals surface area contributed by atoms with Gasteiger partial charge in [0.1, 0.15) is 0 Å². The molecule has 49 heavy (non-hydrogen) atoms. The predicted molar refractivity (Wildman–Crippen MR) is 212 cm³/mol. The second kappa shape index (κ2) is 10.8. The van der Waals surface area contributed by atoms with Gasteiger partial charge < -0.3 is 9.13 Å². The van der Waals surface area contributed by atoms with Crippen molar-refractivity contribution in [2.24, 2.45) is 0 Å². The van der Waals surface area contributed by atoms with Crippen molar-refractivity contribution in [2.75, 3.05) is 0 Å². The average molecular weight is 645 g/mol. The molecule has 0 atom stereocenters. The fourth-order valence-electron chi connectivity index (χ4n) is 8.04. The molecule has 0 saturated heterocycles. The number of nitrogens with zero attached hydrogens (tertiary/aromatic N) is 2. The SMILES string of the molecule is C/C=C(/c1ccc(-c2ccc(-n3c4ccccc4c4ccccc43)cc2)cc1)n1c2ccccc2c2cccc3sc4ccc(C)c1c4c32. The number of benzene rings is 7. The van der Waals surface area contributed by atoms with Crippen molar-refractivity contribution in [3.8, 4) is 16.8 Å². The minimum Gasteiger partial charge on any atom is -0.309 e. The smallest absolute Gasteiger partial charge is 0.0584 e. The summed E-state index contributed by atoms with van der Waals surface area (Å²) in [5.74, 6) is 0. The van der Waals surface area contributed by atoms with Crippen LogP contribution >= 0.6 is 11.3 Å². The Morgan fingerprint density at radius 1 is 0.510 bits per heavy atom. The first-order valence-electron chi connectivity index (χ1n) is 16.9. The third kappa shape index (κ3) is 4.13. The van der Waals surface area contributed by atoms with Gasteiger partial charge in [0.25, 0.3) is 0 Å². The van der Waals surface area contributed by atoms with Crippen molar-refractivity contribution in [1.82, 2.24) is 9.13 Å². The van der Waals surface area contributed by atoms with E-state index in [9.17, 15) is 0 Å². The molecule has 0 unspecified atom stereocenters. The van der Waals surface area contributed by atoms with Crippen molar-refractivity contribution < 1.29 is 0 Å². The van der Waals surface area contributed by atoms with Crippen LogP contribution in [-0.4, -0.2) is 9.13 Å². The number of aromatic nitrogens is 2. The molecule has 7 aromatic carbocycles. The Hall–Kier alpha value is -5.90. The van der Waals surface area contributed by atoms with Crippen LogP contribution in [0.15, 0.2) is 158 Å². The van der Waals surface area contributed by atoms with E-state index >= 15 is 0 Å². The molecule has 0 amide bonds. The lowest BCUT2D eigenvalue weighted by Gasteiger charge is -2.18. The second-order valence-electron chi connectivity index (χ2n) is 12.9. The zero-order valence-corrected chi connectivity index (χ0v) is 28.1. The van der Waals surface area contributed by atoms with E-state index in [-0.39, 0.29) is 0 Å². The van der Waals surface area contributed by atoms with Gasteiger partial charge in [-0.25, -0.2) is 0 Å². The van der Waals surface area contributed by atoms with E-state index in [0.717, 1.165) is 0 Å². The zero-order valence-electron chi connectivity index (χ0n) is 27.3. The number of rotatable bonds is 4. The van der Waals surface area contributed by atoms with Gasteiger partial charge in [0.15, 0.2) is 0 Å². The molecule has 3 aromatic heterocycles. The molecule has 0 N–H and O–H groups in total. The fourth-order valence-corrected chi connectivity index (χ4v) is 9.17. The molecule has 0 aliphatic carbocycles. The van der Waals surface area contributed by atoms with Crippen LogP contribution in [0.25, 0.3) is 86.3 Å². The van der Waals surface area contributed by atoms with Gasteiger partial charge in [0, 0.05) is 47.7 Å². The molecular formula is C46H32N2S. The summed E-state index contributed by atoms with van der Waals surface area (Å²) in [6.07, 6.45) is 2.27. The molecule has 10 rings (SSSR count). The average Bonchev–Trinajstić information content (AvgIpc) is 3.66. The molecule has 232 valence electrons.